The summed E-state index contributed by atoms with van der Waals surface area (Å²) in [5, 5.41) is 43.7. The summed E-state index contributed by atoms with van der Waals surface area (Å²) in [5.41, 5.74) is 32.1. The van der Waals surface area contributed by atoms with Crippen molar-refractivity contribution in [2.75, 3.05) is 51.0 Å². The minimum Gasteiger partial charge on any atom is -0.496 e. The zero-order valence-corrected chi connectivity index (χ0v) is 58.7. The topological polar surface area (TPSA) is 605 Å². The average molecular weight is 1470 g/mol. The van der Waals surface area contributed by atoms with Crippen molar-refractivity contribution in [2.45, 2.75) is 165 Å². The van der Waals surface area contributed by atoms with E-state index in [0.717, 1.165) is 12.1 Å². The summed E-state index contributed by atoms with van der Waals surface area (Å²) in [5.74, 6) is -17.8. The molecule has 105 heavy (non-hydrogen) atoms. The number of hydrogen-bond donors (Lipinski definition) is 20. The number of amides is 14. The number of benzene rings is 3. The molecule has 8 atom stereocenters. The first-order valence-electron chi connectivity index (χ1n) is 33.9. The number of nitrogens with two attached hydrogens (primary N) is 4. The third-order valence-corrected chi connectivity index (χ3v) is 16.0. The van der Waals surface area contributed by atoms with Crippen LogP contribution in [0.5, 0.6) is 11.5 Å². The van der Waals surface area contributed by atoms with Gasteiger partial charge in [-0.05, 0) is 144 Å². The molecular formula is C67H96N18O20. The number of nitrogens with one attached hydrogen (secondary N) is 14. The van der Waals surface area contributed by atoms with Gasteiger partial charge >= 0.3 is 35.6 Å². The van der Waals surface area contributed by atoms with Gasteiger partial charge in [-0.3, -0.25) is 98.4 Å². The van der Waals surface area contributed by atoms with Gasteiger partial charge in [0.1, 0.15) is 47.8 Å². The van der Waals surface area contributed by atoms with Crippen LogP contribution >= 0.6 is 0 Å². The number of methoxy groups -OCH3 is 2. The highest BCUT2D eigenvalue weighted by molar-refractivity contribution is 6.40. The molecule has 1 aliphatic heterocycles. The van der Waals surface area contributed by atoms with E-state index in [1.54, 1.807) is 44.2 Å². The summed E-state index contributed by atoms with van der Waals surface area (Å²) in [6, 6.07) is 3.95. The van der Waals surface area contributed by atoms with Gasteiger partial charge in [-0.15, -0.1) is 0 Å². The van der Waals surface area contributed by atoms with E-state index in [9.17, 15) is 86.9 Å². The molecule has 38 heteroatoms. The number of ether oxygens (including phenoxy) is 2. The van der Waals surface area contributed by atoms with Gasteiger partial charge in [0.15, 0.2) is 0 Å². The van der Waals surface area contributed by atoms with Gasteiger partial charge in [-0.25, -0.2) is 0 Å². The van der Waals surface area contributed by atoms with Gasteiger partial charge in [-0.2, -0.15) is 0 Å². The Kier molecular flexibility index (Phi) is 36.8. The molecule has 0 spiro atoms. The number of carboxylic acid groups (broad SMARTS) is 2. The van der Waals surface area contributed by atoms with E-state index >= 15 is 0 Å². The second kappa shape index (κ2) is 44.9. The van der Waals surface area contributed by atoms with Crippen LogP contribution in [0.2, 0.25) is 0 Å². The summed E-state index contributed by atoms with van der Waals surface area (Å²) in [7, 11) is 2.40. The molecular weight excluding hydrogens is 1380 g/mol. The van der Waals surface area contributed by atoms with Crippen LogP contribution in [0.4, 0.5) is 11.4 Å². The van der Waals surface area contributed by atoms with E-state index < -0.39 is 169 Å². The van der Waals surface area contributed by atoms with Crippen molar-refractivity contribution in [1.82, 2.24) is 64.2 Å². The van der Waals surface area contributed by atoms with Crippen LogP contribution in [0, 0.1) is 5.92 Å². The lowest BCUT2D eigenvalue weighted by Gasteiger charge is -2.24. The molecule has 1 heterocycles. The van der Waals surface area contributed by atoms with Gasteiger partial charge < -0.3 is 95.8 Å². The van der Waals surface area contributed by atoms with Crippen LogP contribution < -0.4 is 107 Å². The molecule has 0 unspecified atom stereocenters. The molecule has 0 saturated heterocycles. The standard InChI is InChI=1S/C67H96N18O20/c1-36(2)32-48-61(97)78-44(18-8-10-28-68)58(94)72-30-13-17-43(71)57(93)77-47(23-27-53(88)89)62(98)84-82-54(90)40-34-38(20-24-50(40)104-3)74-64(100)66(102)79-45(19-9-11-29-69)59(95)73-31-12-16-42(70)56(92)76-46(22-26-52(86)87)60(96)80-49(33-37-14-6-5-7-15-37)63(99)85-83-55(91)41-35-39(21-25-51(41)105-4)75-65(101)67(103)81-48/h5-7,14-15,20-21,24-25,34-36,42-49H,8-13,16-19,22-23,26-33,68-71H2,1-4H3,(H,72,94)(H,73,95)(H,74,100)(H,75,101)(H,76,92)(H,77,93)(H,78,97)(H,79,102)(H,80,96)(H,81,103)(H,82,90)(H,83,91)(H,84,98)(H,85,99)(H,86,87)(H,88,89)/t42-,43-,44-,45-,46-,47-,48-,49-/m0/s1. The van der Waals surface area contributed by atoms with Crippen LogP contribution in [-0.2, 0) is 73.5 Å². The van der Waals surface area contributed by atoms with Crippen LogP contribution in [-0.4, -0.2) is 194 Å². The maximum absolute atomic E-state index is 14.1. The fourth-order valence-corrected chi connectivity index (χ4v) is 10.3. The minimum absolute atomic E-state index is 0.00555. The Labute approximate surface area is 604 Å². The van der Waals surface area contributed by atoms with E-state index in [1.807, 2.05) is 0 Å². The molecule has 0 aromatic heterocycles. The highest BCUT2D eigenvalue weighted by Crippen LogP contribution is 2.25. The zero-order valence-electron chi connectivity index (χ0n) is 58.7. The third kappa shape index (κ3) is 30.2. The molecule has 4 rings (SSSR count). The van der Waals surface area contributed by atoms with Crippen molar-refractivity contribution in [3.8, 4) is 11.5 Å². The van der Waals surface area contributed by atoms with Gasteiger partial charge in [0.25, 0.3) is 23.6 Å². The SMILES string of the molecule is COc1ccc2cc1C(=O)NNC(=O)[C@H](Cc1ccccc1)NC(=O)[C@H](CCC(=O)O)NC(=O)[C@@H](N)CCCNC(=O)[C@H](CCCCN)NC(=O)C(=O)Nc1ccc(OC)c(c1)C(=O)NNC(=O)[C@H](CCC(=O)O)NC(=O)[C@@H](N)CCCNC(=O)[C@H](CCCCN)NC(=O)[C@H](CC(C)C)NC(=O)C(=O)N2. The lowest BCUT2D eigenvalue weighted by atomic mass is 10.0. The normalized spacial score (nSPS) is 21.5. The molecule has 0 radical (unpaired) electrons. The Balaban J connectivity index is 1.67. The summed E-state index contributed by atoms with van der Waals surface area (Å²) in [6.45, 7) is 3.65. The van der Waals surface area contributed by atoms with E-state index in [1.165, 1.54) is 38.5 Å². The van der Waals surface area contributed by atoms with Crippen LogP contribution in [0.25, 0.3) is 0 Å². The fraction of sp³-hybridized carbons (Fsp3) is 0.493. The molecule has 574 valence electrons. The molecule has 3 aromatic carbocycles. The number of fused-ring (bicyclic) bond motifs is 4. The van der Waals surface area contributed by atoms with E-state index in [4.69, 9.17) is 32.4 Å². The van der Waals surface area contributed by atoms with Gasteiger partial charge in [0.2, 0.25) is 35.4 Å². The Hall–Kier alpha value is -11.4. The summed E-state index contributed by atoms with van der Waals surface area (Å²) < 4.78 is 10.7. The number of carbonyl (C=O) groups excluding carboxylic acids is 14. The Bertz CT molecular complexity index is 3560. The molecule has 1 aliphatic rings. The lowest BCUT2D eigenvalue weighted by Crippen LogP contribution is -2.58. The molecule has 0 fully saturated rings. The smallest absolute Gasteiger partial charge is 0.313 e. The molecule has 38 nitrogen and oxygen atoms in total. The van der Waals surface area contributed by atoms with E-state index in [-0.39, 0.29) is 117 Å². The first kappa shape index (κ1) is 86.0. The number of unbranched alkanes of at least 4 members (excludes halogenated alkanes) is 2. The Morgan fingerprint density at radius 2 is 0.838 bits per heavy atom. The second-order valence-electron chi connectivity index (χ2n) is 24.8. The number of hydrogen-bond acceptors (Lipinski definition) is 22. The lowest BCUT2D eigenvalue weighted by molar-refractivity contribution is -0.139. The first-order chi connectivity index (χ1) is 50.0. The van der Waals surface area contributed by atoms with E-state index in [0.29, 0.717) is 31.2 Å². The van der Waals surface area contributed by atoms with Crippen LogP contribution in [0.15, 0.2) is 66.7 Å². The quantitative estimate of drug-likeness (QED) is 0.0385. The molecule has 4 bridgehead atoms. The fourth-order valence-electron chi connectivity index (χ4n) is 10.3. The number of carbonyl (C=O) groups is 16. The highest BCUT2D eigenvalue weighted by Gasteiger charge is 2.34. The number of hydrazine groups is 2. The first-order valence-corrected chi connectivity index (χ1v) is 33.9. The number of anilines is 2. The van der Waals surface area contributed by atoms with E-state index in [2.05, 4.69) is 74.9 Å². The Morgan fingerprint density at radius 3 is 1.27 bits per heavy atom. The van der Waals surface area contributed by atoms with Crippen molar-refractivity contribution >= 4 is 106 Å². The predicted octanol–water partition coefficient (Wildman–Crippen LogP) is -3.55. The van der Waals surface area contributed by atoms with Crippen LogP contribution in [0.3, 0.4) is 0 Å². The van der Waals surface area contributed by atoms with Crippen molar-refractivity contribution in [3.05, 3.63) is 83.4 Å². The molecule has 14 amide bonds. The minimum atomic E-state index is -1.62. The third-order valence-electron chi connectivity index (χ3n) is 16.0. The summed E-state index contributed by atoms with van der Waals surface area (Å²) in [6.07, 6.45) is -1.18. The molecule has 3 aromatic rings. The zero-order chi connectivity index (χ0) is 77.7. The summed E-state index contributed by atoms with van der Waals surface area (Å²) >= 11 is 0. The molecule has 0 saturated carbocycles. The maximum Gasteiger partial charge on any atom is 0.313 e. The van der Waals surface area contributed by atoms with Crippen molar-refractivity contribution in [3.63, 3.8) is 0 Å². The largest absolute Gasteiger partial charge is 0.496 e. The molecule has 0 aliphatic carbocycles. The van der Waals surface area contributed by atoms with Crippen molar-refractivity contribution in [2.24, 2.45) is 28.9 Å². The van der Waals surface area contributed by atoms with Crippen molar-refractivity contribution < 1.29 is 96.4 Å². The second-order valence-corrected chi connectivity index (χ2v) is 24.8. The average Bonchev–Trinajstić information content (AvgIpc) is 0.842. The van der Waals surface area contributed by atoms with Gasteiger partial charge in [0, 0.05) is 43.7 Å². The number of carboxylic acids is 2. The van der Waals surface area contributed by atoms with Crippen molar-refractivity contribution in [1.29, 1.82) is 0 Å². The Morgan fingerprint density at radius 1 is 0.448 bits per heavy atom. The predicted molar refractivity (Wildman–Crippen MR) is 376 cm³/mol. The van der Waals surface area contributed by atoms with Crippen LogP contribution in [0.1, 0.15) is 136 Å². The highest BCUT2D eigenvalue weighted by atomic mass is 16.5. The monoisotopic (exact) mass is 1470 g/mol. The van der Waals surface area contributed by atoms with Gasteiger partial charge in [0.05, 0.1) is 37.4 Å². The summed E-state index contributed by atoms with van der Waals surface area (Å²) in [4.78, 5) is 215. The van der Waals surface area contributed by atoms with Gasteiger partial charge in [-0.1, -0.05) is 44.2 Å². The number of rotatable bonds is 20. The maximum atomic E-state index is 14.1. The molecule has 24 N–H and O–H groups in total. The number of aliphatic carboxylic acids is 2.